The highest BCUT2D eigenvalue weighted by Gasteiger charge is 2.50. The van der Waals surface area contributed by atoms with Gasteiger partial charge in [-0.3, -0.25) is 0 Å². The van der Waals surface area contributed by atoms with E-state index in [-0.39, 0.29) is 6.29 Å². The third-order valence-corrected chi connectivity index (χ3v) is 5.18. The molecule has 4 rings (SSSR count). The van der Waals surface area contributed by atoms with Gasteiger partial charge < -0.3 is 9.47 Å². The lowest BCUT2D eigenvalue weighted by atomic mass is 9.84. The summed E-state index contributed by atoms with van der Waals surface area (Å²) in [6.45, 7) is 2.37. The molecule has 0 aromatic carbocycles. The summed E-state index contributed by atoms with van der Waals surface area (Å²) in [5.74, 6) is 2.80. The van der Waals surface area contributed by atoms with Gasteiger partial charge in [0.05, 0.1) is 12.2 Å². The first-order chi connectivity index (χ1) is 8.33. The van der Waals surface area contributed by atoms with Crippen LogP contribution in [0.25, 0.3) is 0 Å². The topological polar surface area (TPSA) is 18.5 Å². The monoisotopic (exact) mass is 232 g/mol. The van der Waals surface area contributed by atoms with Crippen LogP contribution in [0.1, 0.15) is 26.2 Å². The summed E-state index contributed by atoms with van der Waals surface area (Å²) in [5.41, 5.74) is 0. The fraction of sp³-hybridized carbons (Fsp3) is 0.733. The summed E-state index contributed by atoms with van der Waals surface area (Å²) in [5, 5.41) is 0. The molecule has 0 aromatic rings. The third-order valence-electron chi connectivity index (χ3n) is 5.18. The minimum Gasteiger partial charge on any atom is -0.346 e. The van der Waals surface area contributed by atoms with Gasteiger partial charge in [-0.1, -0.05) is 31.2 Å². The highest BCUT2D eigenvalue weighted by molar-refractivity contribution is 5.14. The van der Waals surface area contributed by atoms with Crippen LogP contribution < -0.4 is 0 Å². The second kappa shape index (κ2) is 3.69. The van der Waals surface area contributed by atoms with Crippen molar-refractivity contribution in [1.29, 1.82) is 0 Å². The van der Waals surface area contributed by atoms with E-state index in [2.05, 4.69) is 31.2 Å². The van der Waals surface area contributed by atoms with Crippen LogP contribution in [0.2, 0.25) is 0 Å². The first kappa shape index (κ1) is 10.3. The lowest BCUT2D eigenvalue weighted by molar-refractivity contribution is -0.120. The standard InChI is InChI=1S/C15H20O2/c1-9-10-6-7-11(8-10)14(9)15-16-12-4-2-3-5-13(12)17-15/h2-3,6-7,9-15H,4-5,8H2,1H3/t9-,10+,11-,12-,13+,14+,15?/m0/s1. The van der Waals surface area contributed by atoms with Gasteiger partial charge >= 0.3 is 0 Å². The van der Waals surface area contributed by atoms with Crippen molar-refractivity contribution in [1.82, 2.24) is 0 Å². The minimum atomic E-state index is 0.0554. The fourth-order valence-corrected chi connectivity index (χ4v) is 4.17. The van der Waals surface area contributed by atoms with Gasteiger partial charge in [0, 0.05) is 5.92 Å². The molecule has 3 aliphatic carbocycles. The molecule has 0 aromatic heterocycles. The second-order valence-electron chi connectivity index (χ2n) is 6.05. The second-order valence-corrected chi connectivity index (χ2v) is 6.05. The Hall–Kier alpha value is -0.600. The van der Waals surface area contributed by atoms with Crippen LogP contribution in [-0.2, 0) is 9.47 Å². The van der Waals surface area contributed by atoms with Gasteiger partial charge in [0.2, 0.25) is 0 Å². The molecule has 0 spiro atoms. The maximum absolute atomic E-state index is 6.16. The molecule has 1 aliphatic heterocycles. The van der Waals surface area contributed by atoms with Crippen LogP contribution in [0.15, 0.2) is 24.3 Å². The Morgan fingerprint density at radius 3 is 2.18 bits per heavy atom. The summed E-state index contributed by atoms with van der Waals surface area (Å²) in [4.78, 5) is 0. The predicted octanol–water partition coefficient (Wildman–Crippen LogP) is 2.90. The zero-order valence-corrected chi connectivity index (χ0v) is 10.3. The number of rotatable bonds is 1. The number of ether oxygens (including phenoxy) is 2. The molecule has 2 bridgehead atoms. The average Bonchev–Trinajstić information content (AvgIpc) is 3.00. The van der Waals surface area contributed by atoms with Crippen LogP contribution in [0, 0.1) is 23.7 Å². The van der Waals surface area contributed by atoms with Gasteiger partial charge in [0.25, 0.3) is 0 Å². The van der Waals surface area contributed by atoms with Crippen molar-refractivity contribution in [2.45, 2.75) is 44.7 Å². The first-order valence-electron chi connectivity index (χ1n) is 6.97. The lowest BCUT2D eigenvalue weighted by Gasteiger charge is -2.29. The number of hydrogen-bond donors (Lipinski definition) is 0. The molecule has 1 saturated carbocycles. The molecule has 17 heavy (non-hydrogen) atoms. The van der Waals surface area contributed by atoms with Crippen molar-refractivity contribution < 1.29 is 9.47 Å². The van der Waals surface area contributed by atoms with E-state index >= 15 is 0 Å². The summed E-state index contributed by atoms with van der Waals surface area (Å²) >= 11 is 0. The SMILES string of the molecule is C[C@@H]1[C@@H](C2O[C@H]3CC=CC[C@H]3O2)[C@H]2C=C[C@@H]1C2. The van der Waals surface area contributed by atoms with Gasteiger partial charge in [0.1, 0.15) is 0 Å². The predicted molar refractivity (Wildman–Crippen MR) is 65.3 cm³/mol. The smallest absolute Gasteiger partial charge is 0.162 e. The maximum atomic E-state index is 6.16. The van der Waals surface area contributed by atoms with Gasteiger partial charge in [-0.15, -0.1) is 0 Å². The molecule has 2 nitrogen and oxygen atoms in total. The summed E-state index contributed by atoms with van der Waals surface area (Å²) in [6.07, 6.45) is 13.3. The molecule has 1 unspecified atom stereocenters. The Balaban J connectivity index is 1.52. The Morgan fingerprint density at radius 2 is 1.59 bits per heavy atom. The largest absolute Gasteiger partial charge is 0.346 e. The van der Waals surface area contributed by atoms with Crippen LogP contribution >= 0.6 is 0 Å². The van der Waals surface area contributed by atoms with E-state index in [9.17, 15) is 0 Å². The third kappa shape index (κ3) is 1.47. The Bertz CT molecular complexity index is 357. The quantitative estimate of drug-likeness (QED) is 0.647. The molecule has 4 aliphatic rings. The van der Waals surface area contributed by atoms with Gasteiger partial charge in [-0.05, 0) is 37.0 Å². The van der Waals surface area contributed by atoms with Crippen LogP contribution in [0.5, 0.6) is 0 Å². The van der Waals surface area contributed by atoms with E-state index in [4.69, 9.17) is 9.47 Å². The molecule has 2 heteroatoms. The molecule has 1 saturated heterocycles. The maximum Gasteiger partial charge on any atom is 0.162 e. The summed E-state index contributed by atoms with van der Waals surface area (Å²) < 4.78 is 12.3. The van der Waals surface area contributed by atoms with Crippen LogP contribution in [0.3, 0.4) is 0 Å². The molecule has 0 amide bonds. The minimum absolute atomic E-state index is 0.0554. The van der Waals surface area contributed by atoms with Crippen molar-refractivity contribution in [2.75, 3.05) is 0 Å². The fourth-order valence-electron chi connectivity index (χ4n) is 4.17. The van der Waals surface area contributed by atoms with E-state index in [1.165, 1.54) is 6.42 Å². The molecular weight excluding hydrogens is 212 g/mol. The lowest BCUT2D eigenvalue weighted by Crippen LogP contribution is -2.31. The van der Waals surface area contributed by atoms with Crippen molar-refractivity contribution in [3.63, 3.8) is 0 Å². The van der Waals surface area contributed by atoms with Crippen molar-refractivity contribution >= 4 is 0 Å². The molecule has 2 fully saturated rings. The van der Waals surface area contributed by atoms with Gasteiger partial charge in [0.15, 0.2) is 6.29 Å². The molecule has 0 N–H and O–H groups in total. The zero-order valence-electron chi connectivity index (χ0n) is 10.3. The summed E-state index contributed by atoms with van der Waals surface area (Å²) in [7, 11) is 0. The van der Waals surface area contributed by atoms with Gasteiger partial charge in [-0.25, -0.2) is 0 Å². The summed E-state index contributed by atoms with van der Waals surface area (Å²) in [6, 6.07) is 0. The molecule has 1 heterocycles. The van der Waals surface area contributed by atoms with E-state index < -0.39 is 0 Å². The van der Waals surface area contributed by atoms with E-state index in [0.717, 1.165) is 24.7 Å². The zero-order chi connectivity index (χ0) is 11.4. The van der Waals surface area contributed by atoms with Crippen molar-refractivity contribution in [3.8, 4) is 0 Å². The highest BCUT2D eigenvalue weighted by Crippen LogP contribution is 2.51. The Labute approximate surface area is 103 Å². The number of allylic oxidation sites excluding steroid dienone is 2. The highest BCUT2D eigenvalue weighted by atomic mass is 16.7. The van der Waals surface area contributed by atoms with Crippen LogP contribution in [0.4, 0.5) is 0 Å². The first-order valence-corrected chi connectivity index (χ1v) is 6.97. The normalized spacial score (nSPS) is 55.5. The van der Waals surface area contributed by atoms with E-state index in [0.29, 0.717) is 24.0 Å². The molecule has 0 radical (unpaired) electrons. The molecular formula is C15H20O2. The number of hydrogen-bond acceptors (Lipinski definition) is 2. The van der Waals surface area contributed by atoms with Gasteiger partial charge in [-0.2, -0.15) is 0 Å². The van der Waals surface area contributed by atoms with E-state index in [1.54, 1.807) is 0 Å². The molecule has 92 valence electrons. The van der Waals surface area contributed by atoms with Crippen molar-refractivity contribution in [3.05, 3.63) is 24.3 Å². The molecule has 7 atom stereocenters. The van der Waals surface area contributed by atoms with Crippen molar-refractivity contribution in [2.24, 2.45) is 23.7 Å². The van der Waals surface area contributed by atoms with E-state index in [1.807, 2.05) is 0 Å². The number of fused-ring (bicyclic) bond motifs is 3. The Kier molecular flexibility index (Phi) is 2.25. The average molecular weight is 232 g/mol. The Morgan fingerprint density at radius 1 is 0.941 bits per heavy atom. The van der Waals surface area contributed by atoms with Crippen LogP contribution in [-0.4, -0.2) is 18.5 Å².